The summed E-state index contributed by atoms with van der Waals surface area (Å²) in [6, 6.07) is 7.86. The van der Waals surface area contributed by atoms with Crippen LogP contribution >= 0.6 is 0 Å². The summed E-state index contributed by atoms with van der Waals surface area (Å²) in [7, 11) is 2.00. The third kappa shape index (κ3) is 5.02. The second kappa shape index (κ2) is 8.79. The number of nitrogens with zero attached hydrogens (tertiary/aromatic N) is 1. The summed E-state index contributed by atoms with van der Waals surface area (Å²) >= 11 is 0. The number of carbonyl (C=O) groups excluding carboxylic acids is 1. The van der Waals surface area contributed by atoms with E-state index in [1.807, 2.05) is 43.1 Å². The average molecular weight is 304 g/mol. The minimum absolute atomic E-state index is 0.247. The van der Waals surface area contributed by atoms with Crippen molar-refractivity contribution in [3.05, 3.63) is 29.8 Å². The van der Waals surface area contributed by atoms with E-state index in [0.29, 0.717) is 13.0 Å². The molecule has 1 aliphatic heterocycles. The number of carbonyl (C=O) groups is 1. The zero-order valence-electron chi connectivity index (χ0n) is 13.8. The molecule has 1 heterocycles. The maximum absolute atomic E-state index is 12.4. The number of hydrogen-bond acceptors (Lipinski definition) is 3. The fourth-order valence-electron chi connectivity index (χ4n) is 2.98. The largest absolute Gasteiger partial charge is 0.494 e. The van der Waals surface area contributed by atoms with Crippen molar-refractivity contribution in [2.75, 3.05) is 33.3 Å². The van der Waals surface area contributed by atoms with E-state index in [1.165, 1.54) is 6.42 Å². The minimum Gasteiger partial charge on any atom is -0.494 e. The molecule has 0 bridgehead atoms. The Morgan fingerprint density at radius 3 is 2.55 bits per heavy atom. The van der Waals surface area contributed by atoms with Crippen LogP contribution in [0.5, 0.6) is 5.75 Å². The van der Waals surface area contributed by atoms with E-state index in [4.69, 9.17) is 4.74 Å². The minimum atomic E-state index is 0.247. The summed E-state index contributed by atoms with van der Waals surface area (Å²) in [5.74, 6) is 1.88. The SMILES string of the molecule is CCOc1ccc(CC(=O)N2CCC(CCNC)CC2)cc1. The maximum Gasteiger partial charge on any atom is 0.226 e. The molecule has 1 saturated heterocycles. The van der Waals surface area contributed by atoms with Crippen molar-refractivity contribution in [2.45, 2.75) is 32.6 Å². The van der Waals surface area contributed by atoms with Crippen LogP contribution in [-0.4, -0.2) is 44.1 Å². The Hall–Kier alpha value is -1.55. The summed E-state index contributed by atoms with van der Waals surface area (Å²) in [6.07, 6.45) is 3.98. The summed E-state index contributed by atoms with van der Waals surface area (Å²) in [5.41, 5.74) is 1.06. The van der Waals surface area contributed by atoms with Crippen molar-refractivity contribution >= 4 is 5.91 Å². The first-order chi connectivity index (χ1) is 10.7. The van der Waals surface area contributed by atoms with E-state index in [1.54, 1.807) is 0 Å². The Morgan fingerprint density at radius 1 is 1.27 bits per heavy atom. The molecule has 1 fully saturated rings. The van der Waals surface area contributed by atoms with Gasteiger partial charge in [-0.15, -0.1) is 0 Å². The molecule has 0 aliphatic carbocycles. The third-order valence-electron chi connectivity index (χ3n) is 4.36. The summed E-state index contributed by atoms with van der Waals surface area (Å²) in [4.78, 5) is 14.4. The first-order valence-electron chi connectivity index (χ1n) is 8.37. The lowest BCUT2D eigenvalue weighted by molar-refractivity contribution is -0.131. The molecule has 0 spiro atoms. The third-order valence-corrected chi connectivity index (χ3v) is 4.36. The molecule has 0 saturated carbocycles. The molecule has 0 unspecified atom stereocenters. The number of rotatable bonds is 7. The highest BCUT2D eigenvalue weighted by molar-refractivity contribution is 5.78. The zero-order chi connectivity index (χ0) is 15.8. The van der Waals surface area contributed by atoms with Gasteiger partial charge in [-0.1, -0.05) is 12.1 Å². The van der Waals surface area contributed by atoms with Crippen molar-refractivity contribution in [3.63, 3.8) is 0 Å². The monoisotopic (exact) mass is 304 g/mol. The van der Waals surface area contributed by atoms with Gasteiger partial charge >= 0.3 is 0 Å². The van der Waals surface area contributed by atoms with Crippen molar-refractivity contribution in [1.29, 1.82) is 0 Å². The van der Waals surface area contributed by atoms with Crippen LogP contribution in [0, 0.1) is 5.92 Å². The van der Waals surface area contributed by atoms with Gasteiger partial charge in [0.15, 0.2) is 0 Å². The van der Waals surface area contributed by atoms with E-state index in [0.717, 1.165) is 49.7 Å². The van der Waals surface area contributed by atoms with Crippen LogP contribution in [0.25, 0.3) is 0 Å². The van der Waals surface area contributed by atoms with Crippen LogP contribution in [0.2, 0.25) is 0 Å². The average Bonchev–Trinajstić information content (AvgIpc) is 2.55. The maximum atomic E-state index is 12.4. The summed E-state index contributed by atoms with van der Waals surface area (Å²) in [6.45, 7) is 5.53. The van der Waals surface area contributed by atoms with Gasteiger partial charge in [-0.25, -0.2) is 0 Å². The number of nitrogens with one attached hydrogen (secondary N) is 1. The molecule has 1 N–H and O–H groups in total. The first-order valence-corrected chi connectivity index (χ1v) is 8.37. The molecule has 0 radical (unpaired) electrons. The van der Waals surface area contributed by atoms with Gasteiger partial charge in [-0.3, -0.25) is 4.79 Å². The number of benzene rings is 1. The van der Waals surface area contributed by atoms with Crippen LogP contribution in [0.3, 0.4) is 0 Å². The Balaban J connectivity index is 1.78. The van der Waals surface area contributed by atoms with Crippen LogP contribution in [0.4, 0.5) is 0 Å². The van der Waals surface area contributed by atoms with Crippen LogP contribution in [0.1, 0.15) is 31.7 Å². The van der Waals surface area contributed by atoms with Gasteiger partial charge in [0.05, 0.1) is 13.0 Å². The highest BCUT2D eigenvalue weighted by Gasteiger charge is 2.22. The Kier molecular flexibility index (Phi) is 6.72. The number of ether oxygens (including phenoxy) is 1. The quantitative estimate of drug-likeness (QED) is 0.841. The summed E-state index contributed by atoms with van der Waals surface area (Å²) < 4.78 is 5.43. The van der Waals surface area contributed by atoms with Crippen LogP contribution in [-0.2, 0) is 11.2 Å². The predicted octanol–water partition coefficient (Wildman–Crippen LogP) is 2.48. The van der Waals surface area contributed by atoms with Gasteiger partial charge in [0.1, 0.15) is 5.75 Å². The fraction of sp³-hybridized carbons (Fsp3) is 0.611. The molecule has 122 valence electrons. The van der Waals surface area contributed by atoms with E-state index in [9.17, 15) is 4.79 Å². The fourth-order valence-corrected chi connectivity index (χ4v) is 2.98. The lowest BCUT2D eigenvalue weighted by Gasteiger charge is -2.32. The van der Waals surface area contributed by atoms with Crippen molar-refractivity contribution < 1.29 is 9.53 Å². The second-order valence-corrected chi connectivity index (χ2v) is 5.97. The molecular weight excluding hydrogens is 276 g/mol. The van der Waals surface area contributed by atoms with E-state index in [2.05, 4.69) is 5.32 Å². The molecule has 4 nitrogen and oxygen atoms in total. The van der Waals surface area contributed by atoms with E-state index < -0.39 is 0 Å². The van der Waals surface area contributed by atoms with E-state index >= 15 is 0 Å². The Bertz CT molecular complexity index is 451. The standard InChI is InChI=1S/C18H28N2O2/c1-3-22-17-6-4-16(5-7-17)14-18(21)20-12-9-15(10-13-20)8-11-19-2/h4-7,15,19H,3,8-14H2,1-2H3. The molecule has 22 heavy (non-hydrogen) atoms. The normalized spacial score (nSPS) is 15.8. The van der Waals surface area contributed by atoms with Crippen molar-refractivity contribution in [3.8, 4) is 5.75 Å². The number of likely N-dealkylation sites (tertiary alicyclic amines) is 1. The molecule has 0 aromatic heterocycles. The molecule has 1 aromatic rings. The lowest BCUT2D eigenvalue weighted by atomic mass is 9.93. The predicted molar refractivity (Wildman–Crippen MR) is 89.2 cm³/mol. The molecule has 1 amide bonds. The lowest BCUT2D eigenvalue weighted by Crippen LogP contribution is -2.39. The molecular formula is C18H28N2O2. The van der Waals surface area contributed by atoms with Gasteiger partial charge in [0.2, 0.25) is 5.91 Å². The molecule has 1 aliphatic rings. The highest BCUT2D eigenvalue weighted by atomic mass is 16.5. The van der Waals surface area contributed by atoms with Gasteiger partial charge in [-0.2, -0.15) is 0 Å². The zero-order valence-corrected chi connectivity index (χ0v) is 13.8. The molecule has 0 atom stereocenters. The topological polar surface area (TPSA) is 41.6 Å². The Labute approximate surface area is 133 Å². The number of amides is 1. The highest BCUT2D eigenvalue weighted by Crippen LogP contribution is 2.21. The smallest absolute Gasteiger partial charge is 0.226 e. The van der Waals surface area contributed by atoms with E-state index in [-0.39, 0.29) is 5.91 Å². The molecule has 1 aromatic carbocycles. The van der Waals surface area contributed by atoms with Crippen molar-refractivity contribution in [1.82, 2.24) is 10.2 Å². The number of piperidine rings is 1. The molecule has 2 rings (SSSR count). The van der Waals surface area contributed by atoms with Crippen molar-refractivity contribution in [2.24, 2.45) is 5.92 Å². The molecule has 4 heteroatoms. The summed E-state index contributed by atoms with van der Waals surface area (Å²) in [5, 5.41) is 3.20. The van der Waals surface area contributed by atoms with Gasteiger partial charge in [-0.05, 0) is 63.4 Å². The van der Waals surface area contributed by atoms with Gasteiger partial charge < -0.3 is 15.0 Å². The first kappa shape index (κ1) is 16.8. The second-order valence-electron chi connectivity index (χ2n) is 5.97. The van der Waals surface area contributed by atoms with Crippen LogP contribution < -0.4 is 10.1 Å². The van der Waals surface area contributed by atoms with Crippen LogP contribution in [0.15, 0.2) is 24.3 Å². The van der Waals surface area contributed by atoms with Gasteiger partial charge in [0.25, 0.3) is 0 Å². The number of hydrogen-bond donors (Lipinski definition) is 1. The Morgan fingerprint density at radius 2 is 1.95 bits per heavy atom. The van der Waals surface area contributed by atoms with Gasteiger partial charge in [0, 0.05) is 13.1 Å².